The van der Waals surface area contributed by atoms with E-state index in [1.165, 1.54) is 12.1 Å². The van der Waals surface area contributed by atoms with Gasteiger partial charge >= 0.3 is 0 Å². The monoisotopic (exact) mass is 336 g/mol. The van der Waals surface area contributed by atoms with Gasteiger partial charge in [-0.15, -0.1) is 0 Å². The minimum atomic E-state index is -0.497. The van der Waals surface area contributed by atoms with Crippen molar-refractivity contribution in [1.29, 1.82) is 0 Å². The van der Waals surface area contributed by atoms with Crippen LogP contribution in [-0.4, -0.2) is 4.92 Å². The Morgan fingerprint density at radius 1 is 1.30 bits per heavy atom. The summed E-state index contributed by atoms with van der Waals surface area (Å²) in [6.45, 7) is 2.22. The summed E-state index contributed by atoms with van der Waals surface area (Å²) in [5, 5.41) is 10.8. The Morgan fingerprint density at radius 2 is 2.05 bits per heavy atom. The molecule has 2 aromatic rings. The molecule has 0 aliphatic heterocycles. The molecule has 0 saturated heterocycles. The molecule has 6 heteroatoms. The first-order chi connectivity index (χ1) is 9.47. The molecule has 0 saturated carbocycles. The number of nitro groups is 1. The third-order valence-electron chi connectivity index (χ3n) is 2.83. The van der Waals surface area contributed by atoms with Gasteiger partial charge in [-0.2, -0.15) is 0 Å². The highest BCUT2D eigenvalue weighted by molar-refractivity contribution is 9.10. The van der Waals surface area contributed by atoms with E-state index < -0.39 is 4.92 Å². The van der Waals surface area contributed by atoms with E-state index in [9.17, 15) is 10.1 Å². The molecule has 104 valence electrons. The number of nitro benzene ring substituents is 1. The van der Waals surface area contributed by atoms with Crippen LogP contribution in [0.1, 0.15) is 11.1 Å². The van der Waals surface area contributed by atoms with Gasteiger partial charge in [0.1, 0.15) is 18.0 Å². The van der Waals surface area contributed by atoms with Gasteiger partial charge in [-0.25, -0.2) is 0 Å². The first-order valence-corrected chi connectivity index (χ1v) is 6.68. The number of ether oxygens (including phenoxy) is 1. The molecule has 0 heterocycles. The average Bonchev–Trinajstić information content (AvgIpc) is 2.41. The summed E-state index contributed by atoms with van der Waals surface area (Å²) in [5.41, 5.74) is 7.36. The van der Waals surface area contributed by atoms with E-state index in [1.807, 2.05) is 25.1 Å². The molecule has 0 radical (unpaired) electrons. The minimum Gasteiger partial charge on any atom is -0.489 e. The largest absolute Gasteiger partial charge is 0.489 e. The van der Waals surface area contributed by atoms with Crippen LogP contribution >= 0.6 is 15.9 Å². The molecule has 2 N–H and O–H groups in total. The van der Waals surface area contributed by atoms with Crippen molar-refractivity contribution >= 4 is 27.3 Å². The zero-order valence-corrected chi connectivity index (χ0v) is 12.4. The van der Waals surface area contributed by atoms with Crippen LogP contribution in [0.4, 0.5) is 11.4 Å². The summed E-state index contributed by atoms with van der Waals surface area (Å²) in [4.78, 5) is 10.3. The SMILES string of the molecule is Cc1cc(OCc2ccc(N)c([N+](=O)[O-])c2)ccc1Br. The average molecular weight is 337 g/mol. The highest BCUT2D eigenvalue weighted by atomic mass is 79.9. The van der Waals surface area contributed by atoms with Crippen LogP contribution in [0.25, 0.3) is 0 Å². The Morgan fingerprint density at radius 3 is 2.70 bits per heavy atom. The molecular formula is C14H13BrN2O3. The predicted molar refractivity (Wildman–Crippen MR) is 80.7 cm³/mol. The maximum atomic E-state index is 10.8. The number of benzene rings is 2. The first kappa shape index (κ1) is 14.3. The molecule has 0 fully saturated rings. The van der Waals surface area contributed by atoms with Gasteiger partial charge in [-0.1, -0.05) is 22.0 Å². The summed E-state index contributed by atoms with van der Waals surface area (Å²) in [6.07, 6.45) is 0. The fraction of sp³-hybridized carbons (Fsp3) is 0.143. The van der Waals surface area contributed by atoms with E-state index >= 15 is 0 Å². The summed E-state index contributed by atoms with van der Waals surface area (Å²) in [7, 11) is 0. The van der Waals surface area contributed by atoms with Crippen LogP contribution in [0, 0.1) is 17.0 Å². The number of rotatable bonds is 4. The molecule has 0 aliphatic carbocycles. The highest BCUT2D eigenvalue weighted by Gasteiger charge is 2.12. The molecule has 2 rings (SSSR count). The van der Waals surface area contributed by atoms with Gasteiger partial charge in [0.05, 0.1) is 4.92 Å². The van der Waals surface area contributed by atoms with Crippen LogP contribution in [0.2, 0.25) is 0 Å². The number of hydrogen-bond acceptors (Lipinski definition) is 4. The van der Waals surface area contributed by atoms with Crippen LogP contribution in [0.15, 0.2) is 40.9 Å². The Hall–Kier alpha value is -2.08. The molecule has 0 amide bonds. The lowest BCUT2D eigenvalue weighted by Crippen LogP contribution is -2.00. The highest BCUT2D eigenvalue weighted by Crippen LogP contribution is 2.25. The van der Waals surface area contributed by atoms with Gasteiger partial charge in [0.25, 0.3) is 5.69 Å². The second-order valence-corrected chi connectivity index (χ2v) is 5.20. The third-order valence-corrected chi connectivity index (χ3v) is 3.72. The second-order valence-electron chi connectivity index (χ2n) is 4.35. The molecule has 0 spiro atoms. The molecule has 0 bridgehead atoms. The Kier molecular flexibility index (Phi) is 4.24. The van der Waals surface area contributed by atoms with Gasteiger partial charge in [-0.05, 0) is 42.3 Å². The summed E-state index contributed by atoms with van der Waals surface area (Å²) < 4.78 is 6.63. The van der Waals surface area contributed by atoms with Crippen molar-refractivity contribution in [3.63, 3.8) is 0 Å². The van der Waals surface area contributed by atoms with Crippen LogP contribution in [0.5, 0.6) is 5.75 Å². The number of nitrogen functional groups attached to an aromatic ring is 1. The Bertz CT molecular complexity index is 659. The first-order valence-electron chi connectivity index (χ1n) is 5.89. The number of nitrogens with zero attached hydrogens (tertiary/aromatic N) is 1. The van der Waals surface area contributed by atoms with E-state index in [0.717, 1.165) is 10.0 Å². The van der Waals surface area contributed by atoms with Crippen molar-refractivity contribution in [2.45, 2.75) is 13.5 Å². The van der Waals surface area contributed by atoms with Gasteiger partial charge in [0.15, 0.2) is 0 Å². The fourth-order valence-electron chi connectivity index (χ4n) is 1.71. The molecule has 0 aromatic heterocycles. The quantitative estimate of drug-likeness (QED) is 0.522. The molecular weight excluding hydrogens is 324 g/mol. The van der Waals surface area contributed by atoms with Crippen LogP contribution in [0.3, 0.4) is 0 Å². The smallest absolute Gasteiger partial charge is 0.292 e. The molecule has 0 atom stereocenters. The van der Waals surface area contributed by atoms with Crippen molar-refractivity contribution in [1.82, 2.24) is 0 Å². The zero-order chi connectivity index (χ0) is 14.7. The molecule has 0 unspecified atom stereocenters. The number of halogens is 1. The fourth-order valence-corrected chi connectivity index (χ4v) is 1.96. The lowest BCUT2D eigenvalue weighted by Gasteiger charge is -2.08. The standard InChI is InChI=1S/C14H13BrN2O3/c1-9-6-11(3-4-12(9)15)20-8-10-2-5-13(16)14(7-10)17(18)19/h2-7H,8,16H2,1H3. The maximum absolute atomic E-state index is 10.8. The zero-order valence-electron chi connectivity index (χ0n) is 10.8. The normalized spacial score (nSPS) is 10.3. The van der Waals surface area contributed by atoms with E-state index in [-0.39, 0.29) is 18.0 Å². The van der Waals surface area contributed by atoms with Crippen molar-refractivity contribution in [3.05, 3.63) is 62.1 Å². The summed E-state index contributed by atoms with van der Waals surface area (Å²) in [6, 6.07) is 10.3. The van der Waals surface area contributed by atoms with Crippen LogP contribution < -0.4 is 10.5 Å². The second kappa shape index (κ2) is 5.92. The number of hydrogen-bond donors (Lipinski definition) is 1. The van der Waals surface area contributed by atoms with E-state index in [1.54, 1.807) is 6.07 Å². The van der Waals surface area contributed by atoms with Gasteiger partial charge in [0.2, 0.25) is 0 Å². The maximum Gasteiger partial charge on any atom is 0.292 e. The van der Waals surface area contributed by atoms with Gasteiger partial charge < -0.3 is 10.5 Å². The van der Waals surface area contributed by atoms with Crippen LogP contribution in [-0.2, 0) is 6.61 Å². The molecule has 0 aliphatic rings. The minimum absolute atomic E-state index is 0.0990. The van der Waals surface area contributed by atoms with Gasteiger partial charge in [-0.3, -0.25) is 10.1 Å². The Labute approximate surface area is 124 Å². The van der Waals surface area contributed by atoms with Crippen molar-refractivity contribution in [2.24, 2.45) is 0 Å². The van der Waals surface area contributed by atoms with Crippen molar-refractivity contribution in [2.75, 3.05) is 5.73 Å². The number of anilines is 1. The van der Waals surface area contributed by atoms with E-state index in [2.05, 4.69) is 15.9 Å². The number of aryl methyl sites for hydroxylation is 1. The number of nitrogens with two attached hydrogens (primary N) is 1. The van der Waals surface area contributed by atoms with Crippen molar-refractivity contribution in [3.8, 4) is 5.75 Å². The third kappa shape index (κ3) is 3.27. The molecule has 2 aromatic carbocycles. The molecule has 5 nitrogen and oxygen atoms in total. The lowest BCUT2D eigenvalue weighted by atomic mass is 10.2. The summed E-state index contributed by atoms with van der Waals surface area (Å²) in [5.74, 6) is 0.713. The van der Waals surface area contributed by atoms with E-state index in [0.29, 0.717) is 11.3 Å². The lowest BCUT2D eigenvalue weighted by molar-refractivity contribution is -0.384. The topological polar surface area (TPSA) is 78.4 Å². The van der Waals surface area contributed by atoms with Crippen molar-refractivity contribution < 1.29 is 9.66 Å². The Balaban J connectivity index is 2.12. The van der Waals surface area contributed by atoms with E-state index in [4.69, 9.17) is 10.5 Å². The molecule has 20 heavy (non-hydrogen) atoms. The van der Waals surface area contributed by atoms with Gasteiger partial charge in [0, 0.05) is 10.5 Å². The summed E-state index contributed by atoms with van der Waals surface area (Å²) >= 11 is 3.41. The predicted octanol–water partition coefficient (Wildman–Crippen LogP) is 3.83.